The van der Waals surface area contributed by atoms with Gasteiger partial charge in [0.05, 0.1) is 0 Å². The molecule has 0 saturated carbocycles. The lowest BCUT2D eigenvalue weighted by Crippen LogP contribution is -2.26. The van der Waals surface area contributed by atoms with Crippen molar-refractivity contribution in [3.05, 3.63) is 76.1 Å². The monoisotopic (exact) mass is 437 g/mol. The van der Waals surface area contributed by atoms with Crippen LogP contribution in [0.15, 0.2) is 63.8 Å². The van der Waals surface area contributed by atoms with Gasteiger partial charge in [0.25, 0.3) is 0 Å². The second kappa shape index (κ2) is 11.7. The average Bonchev–Trinajstić information content (AvgIpc) is 2.79. The van der Waals surface area contributed by atoms with Crippen molar-refractivity contribution in [3.8, 4) is 5.75 Å². The molecule has 7 heteroatoms. The van der Waals surface area contributed by atoms with Crippen LogP contribution < -0.4 is 15.7 Å². The summed E-state index contributed by atoms with van der Waals surface area (Å²) in [7, 11) is 0. The molecule has 1 aromatic heterocycles. The number of fused-ring (bicyclic) bond motifs is 1. The van der Waals surface area contributed by atoms with Crippen LogP contribution in [0.1, 0.15) is 43.7 Å². The number of unbranched alkanes of at least 4 members (excludes halogenated alkanes) is 1. The fraction of sp³-hybridized carbons (Fsp3) is 0.320. The molecule has 0 saturated heterocycles. The molecule has 3 aromatic rings. The van der Waals surface area contributed by atoms with Crippen LogP contribution in [0.25, 0.3) is 11.0 Å². The Hall–Kier alpha value is -3.61. The van der Waals surface area contributed by atoms with Gasteiger partial charge < -0.3 is 19.2 Å². The summed E-state index contributed by atoms with van der Waals surface area (Å²) in [5.41, 5.74) is 1.81. The molecule has 0 unspecified atom stereocenters. The number of amides is 1. The summed E-state index contributed by atoms with van der Waals surface area (Å²) in [5, 5.41) is 3.45. The van der Waals surface area contributed by atoms with Crippen molar-refractivity contribution < 1.29 is 23.5 Å². The molecule has 0 aliphatic carbocycles. The molecule has 1 heterocycles. The average molecular weight is 437 g/mol. The van der Waals surface area contributed by atoms with Crippen molar-refractivity contribution in [2.45, 2.75) is 45.6 Å². The number of esters is 1. The van der Waals surface area contributed by atoms with E-state index in [0.29, 0.717) is 17.8 Å². The second-order valence-electron chi connectivity index (χ2n) is 7.42. The van der Waals surface area contributed by atoms with Gasteiger partial charge in [-0.1, -0.05) is 43.7 Å². The summed E-state index contributed by atoms with van der Waals surface area (Å²) in [6, 6.07) is 15.9. The summed E-state index contributed by atoms with van der Waals surface area (Å²) in [6.07, 6.45) is 2.78. The standard InChI is InChI=1S/C25H27NO6/c1-2-3-10-19-15-24(28)32-22-16-20(12-13-21(19)22)31-23(27)11-7-14-26-25(29)30-17-18-8-5-4-6-9-18/h4-6,8-9,12-13,15-16H,2-3,7,10-11,14,17H2,1H3,(H,26,29). The Kier molecular flexibility index (Phi) is 8.43. The molecule has 168 valence electrons. The van der Waals surface area contributed by atoms with E-state index in [9.17, 15) is 14.4 Å². The summed E-state index contributed by atoms with van der Waals surface area (Å²) >= 11 is 0. The molecular weight excluding hydrogens is 410 g/mol. The minimum atomic E-state index is -0.536. The Morgan fingerprint density at radius 3 is 2.62 bits per heavy atom. The first kappa shape index (κ1) is 23.1. The van der Waals surface area contributed by atoms with Crippen LogP contribution in [0.4, 0.5) is 4.79 Å². The van der Waals surface area contributed by atoms with Gasteiger partial charge in [-0.05, 0) is 42.5 Å². The number of nitrogens with one attached hydrogen (secondary N) is 1. The van der Waals surface area contributed by atoms with Crippen LogP contribution in [0.3, 0.4) is 0 Å². The SMILES string of the molecule is CCCCc1cc(=O)oc2cc(OC(=O)CCCNC(=O)OCc3ccccc3)ccc12. The van der Waals surface area contributed by atoms with Crippen LogP contribution in [-0.2, 0) is 22.6 Å². The molecule has 1 N–H and O–H groups in total. The van der Waals surface area contributed by atoms with Crippen molar-refractivity contribution in [1.82, 2.24) is 5.32 Å². The summed E-state index contributed by atoms with van der Waals surface area (Å²) in [6.45, 7) is 2.57. The molecule has 0 radical (unpaired) electrons. The fourth-order valence-electron chi connectivity index (χ4n) is 3.23. The largest absolute Gasteiger partial charge is 0.445 e. The molecule has 0 bridgehead atoms. The first-order valence-electron chi connectivity index (χ1n) is 10.8. The van der Waals surface area contributed by atoms with Gasteiger partial charge in [-0.2, -0.15) is 0 Å². The van der Waals surface area contributed by atoms with Gasteiger partial charge in [0, 0.05) is 30.5 Å². The van der Waals surface area contributed by atoms with Crippen LogP contribution in [-0.4, -0.2) is 18.6 Å². The van der Waals surface area contributed by atoms with Crippen molar-refractivity contribution >= 4 is 23.0 Å². The van der Waals surface area contributed by atoms with E-state index in [-0.39, 0.29) is 19.6 Å². The number of alkyl carbamates (subject to hydrolysis) is 1. The Morgan fingerprint density at radius 1 is 1.03 bits per heavy atom. The first-order chi connectivity index (χ1) is 15.5. The van der Waals surface area contributed by atoms with Crippen molar-refractivity contribution in [1.29, 1.82) is 0 Å². The van der Waals surface area contributed by atoms with Gasteiger partial charge in [0.2, 0.25) is 0 Å². The number of rotatable bonds is 10. The maximum atomic E-state index is 12.1. The lowest BCUT2D eigenvalue weighted by molar-refractivity contribution is -0.134. The number of aryl methyl sites for hydroxylation is 1. The molecule has 1 amide bonds. The number of carbonyl (C=O) groups excluding carboxylic acids is 2. The number of benzene rings is 2. The highest BCUT2D eigenvalue weighted by Gasteiger charge is 2.10. The van der Waals surface area contributed by atoms with E-state index in [2.05, 4.69) is 12.2 Å². The van der Waals surface area contributed by atoms with E-state index < -0.39 is 17.7 Å². The topological polar surface area (TPSA) is 94.8 Å². The van der Waals surface area contributed by atoms with E-state index in [1.54, 1.807) is 18.2 Å². The first-order valence-corrected chi connectivity index (χ1v) is 10.8. The Balaban J connectivity index is 1.44. The van der Waals surface area contributed by atoms with Crippen LogP contribution in [0, 0.1) is 0 Å². The van der Waals surface area contributed by atoms with Gasteiger partial charge in [0.15, 0.2) is 0 Å². The van der Waals surface area contributed by atoms with Crippen molar-refractivity contribution in [2.24, 2.45) is 0 Å². The molecule has 0 fully saturated rings. The number of hydrogen-bond donors (Lipinski definition) is 1. The number of hydrogen-bond acceptors (Lipinski definition) is 6. The highest BCUT2D eigenvalue weighted by Crippen LogP contribution is 2.24. The quantitative estimate of drug-likeness (QED) is 0.213. The lowest BCUT2D eigenvalue weighted by Gasteiger charge is -2.08. The van der Waals surface area contributed by atoms with Gasteiger partial charge >= 0.3 is 17.7 Å². The molecule has 7 nitrogen and oxygen atoms in total. The lowest BCUT2D eigenvalue weighted by atomic mass is 10.0. The van der Waals surface area contributed by atoms with Crippen LogP contribution >= 0.6 is 0 Å². The second-order valence-corrected chi connectivity index (χ2v) is 7.42. The zero-order valence-electron chi connectivity index (χ0n) is 18.1. The Morgan fingerprint density at radius 2 is 1.84 bits per heavy atom. The molecular formula is C25H27NO6. The van der Waals surface area contributed by atoms with Crippen LogP contribution in [0.2, 0.25) is 0 Å². The highest BCUT2D eigenvalue weighted by atomic mass is 16.5. The van der Waals surface area contributed by atoms with Crippen molar-refractivity contribution in [2.75, 3.05) is 6.54 Å². The Bertz CT molecular complexity index is 1110. The van der Waals surface area contributed by atoms with E-state index in [0.717, 1.165) is 35.8 Å². The fourth-order valence-corrected chi connectivity index (χ4v) is 3.23. The molecule has 0 aliphatic rings. The minimum Gasteiger partial charge on any atom is -0.445 e. The molecule has 3 rings (SSSR count). The predicted octanol–water partition coefficient (Wildman–Crippen LogP) is 4.75. The molecule has 0 aliphatic heterocycles. The van der Waals surface area contributed by atoms with Gasteiger partial charge in [-0.15, -0.1) is 0 Å². The maximum absolute atomic E-state index is 12.1. The Labute approximate surface area is 186 Å². The van der Waals surface area contributed by atoms with Gasteiger partial charge in [-0.25, -0.2) is 9.59 Å². The van der Waals surface area contributed by atoms with Gasteiger partial charge in [-0.3, -0.25) is 4.79 Å². The zero-order valence-corrected chi connectivity index (χ0v) is 18.1. The molecule has 0 atom stereocenters. The molecule has 0 spiro atoms. The van der Waals surface area contributed by atoms with E-state index in [1.807, 2.05) is 30.3 Å². The van der Waals surface area contributed by atoms with E-state index in [4.69, 9.17) is 13.9 Å². The zero-order chi connectivity index (χ0) is 22.8. The third-order valence-corrected chi connectivity index (χ3v) is 4.87. The number of ether oxygens (including phenoxy) is 2. The van der Waals surface area contributed by atoms with Gasteiger partial charge in [0.1, 0.15) is 17.9 Å². The van der Waals surface area contributed by atoms with Crippen LogP contribution in [0.5, 0.6) is 5.75 Å². The van der Waals surface area contributed by atoms with Crippen molar-refractivity contribution in [3.63, 3.8) is 0 Å². The normalized spacial score (nSPS) is 10.7. The highest BCUT2D eigenvalue weighted by molar-refractivity contribution is 5.82. The molecule has 32 heavy (non-hydrogen) atoms. The third-order valence-electron chi connectivity index (χ3n) is 4.87. The minimum absolute atomic E-state index is 0.123. The summed E-state index contributed by atoms with van der Waals surface area (Å²) in [4.78, 5) is 35.7. The number of carbonyl (C=O) groups is 2. The van der Waals surface area contributed by atoms with E-state index in [1.165, 1.54) is 6.07 Å². The predicted molar refractivity (Wildman–Crippen MR) is 121 cm³/mol. The smallest absolute Gasteiger partial charge is 0.407 e. The van der Waals surface area contributed by atoms with E-state index >= 15 is 0 Å². The summed E-state index contributed by atoms with van der Waals surface area (Å²) in [5.74, 6) is -0.123. The maximum Gasteiger partial charge on any atom is 0.407 e. The summed E-state index contributed by atoms with van der Waals surface area (Å²) < 4.78 is 15.7. The molecule has 2 aromatic carbocycles. The third kappa shape index (κ3) is 6.97.